The van der Waals surface area contributed by atoms with E-state index in [9.17, 15) is 0 Å². The Bertz CT molecular complexity index is 1210. The number of furan rings is 1. The van der Waals surface area contributed by atoms with Gasteiger partial charge in [-0.05, 0) is 53.6 Å². The molecule has 0 aliphatic heterocycles. The fraction of sp³-hybridized carbons (Fsp3) is 0.370. The number of fused-ring (bicyclic) bond motifs is 3. The molecule has 1 atom stereocenters. The Hall–Kier alpha value is -2.39. The van der Waals surface area contributed by atoms with Gasteiger partial charge >= 0.3 is 0 Å². The Balaban J connectivity index is 1.97. The minimum Gasteiger partial charge on any atom is -0.455 e. The average Bonchev–Trinajstić information content (AvgIpc) is 3.07. The van der Waals surface area contributed by atoms with Crippen molar-refractivity contribution in [3.63, 3.8) is 0 Å². The zero-order valence-electron chi connectivity index (χ0n) is 19.3. The van der Waals surface area contributed by atoms with E-state index in [0.717, 1.165) is 28.8 Å². The molecule has 1 unspecified atom stereocenters. The number of para-hydroxylation sites is 1. The lowest BCUT2D eigenvalue weighted by molar-refractivity contribution is 0.484. The lowest BCUT2D eigenvalue weighted by Gasteiger charge is -2.21. The SMILES string of the molecule is CCC(c1cnc(-c2ccc([Si](C)(C)C)c3c2oc2ccccc23)c(C)c1)C(C)C. The summed E-state index contributed by atoms with van der Waals surface area (Å²) in [4.78, 5) is 4.96. The first-order chi connectivity index (χ1) is 14.2. The molecule has 0 aliphatic rings. The normalized spacial score (nSPS) is 13.5. The Morgan fingerprint density at radius 2 is 1.77 bits per heavy atom. The van der Waals surface area contributed by atoms with Crippen LogP contribution in [0.25, 0.3) is 33.2 Å². The molecule has 4 rings (SSSR count). The molecule has 156 valence electrons. The monoisotopic (exact) mass is 415 g/mol. The summed E-state index contributed by atoms with van der Waals surface area (Å²) in [6, 6.07) is 15.3. The first-order valence-electron chi connectivity index (χ1n) is 11.1. The zero-order valence-corrected chi connectivity index (χ0v) is 20.3. The first-order valence-corrected chi connectivity index (χ1v) is 14.6. The van der Waals surface area contributed by atoms with Crippen LogP contribution in [0.2, 0.25) is 19.6 Å². The third kappa shape index (κ3) is 3.49. The number of aromatic nitrogens is 1. The predicted octanol–water partition coefficient (Wildman–Crippen LogP) is 7.65. The van der Waals surface area contributed by atoms with Crippen LogP contribution >= 0.6 is 0 Å². The van der Waals surface area contributed by atoms with Crippen molar-refractivity contribution >= 4 is 35.2 Å². The molecule has 2 heterocycles. The summed E-state index contributed by atoms with van der Waals surface area (Å²) in [7, 11) is -1.54. The van der Waals surface area contributed by atoms with Gasteiger partial charge in [-0.15, -0.1) is 0 Å². The third-order valence-electron chi connectivity index (χ3n) is 6.36. The highest BCUT2D eigenvalue weighted by atomic mass is 28.3. The van der Waals surface area contributed by atoms with Crippen LogP contribution in [0.15, 0.2) is 53.1 Å². The Morgan fingerprint density at radius 1 is 1.03 bits per heavy atom. The quantitative estimate of drug-likeness (QED) is 0.313. The topological polar surface area (TPSA) is 26.0 Å². The van der Waals surface area contributed by atoms with Crippen LogP contribution in [0, 0.1) is 12.8 Å². The maximum atomic E-state index is 6.45. The van der Waals surface area contributed by atoms with Crippen molar-refractivity contribution in [1.82, 2.24) is 4.98 Å². The Morgan fingerprint density at radius 3 is 2.40 bits per heavy atom. The zero-order chi connectivity index (χ0) is 21.6. The highest BCUT2D eigenvalue weighted by Gasteiger charge is 2.25. The molecule has 0 saturated heterocycles. The van der Waals surface area contributed by atoms with E-state index >= 15 is 0 Å². The number of benzene rings is 2. The molecule has 0 aliphatic carbocycles. The summed E-state index contributed by atoms with van der Waals surface area (Å²) in [6.45, 7) is 16.2. The maximum Gasteiger partial charge on any atom is 0.144 e. The Labute approximate surface area is 181 Å². The van der Waals surface area contributed by atoms with Crippen LogP contribution in [0.5, 0.6) is 0 Å². The van der Waals surface area contributed by atoms with Crippen LogP contribution in [0.1, 0.15) is 44.2 Å². The van der Waals surface area contributed by atoms with Crippen molar-refractivity contribution in [3.8, 4) is 11.3 Å². The minimum absolute atomic E-state index is 0.547. The third-order valence-corrected chi connectivity index (χ3v) is 8.39. The molecule has 2 aromatic carbocycles. The van der Waals surface area contributed by atoms with Crippen LogP contribution in [0.3, 0.4) is 0 Å². The fourth-order valence-corrected chi connectivity index (χ4v) is 6.39. The van der Waals surface area contributed by atoms with E-state index in [1.807, 2.05) is 6.07 Å². The summed E-state index contributed by atoms with van der Waals surface area (Å²) in [5.74, 6) is 1.16. The minimum atomic E-state index is -1.54. The predicted molar refractivity (Wildman–Crippen MR) is 133 cm³/mol. The van der Waals surface area contributed by atoms with Crippen molar-refractivity contribution in [2.75, 3.05) is 0 Å². The molecule has 2 nitrogen and oxygen atoms in total. The number of aryl methyl sites for hydroxylation is 1. The van der Waals surface area contributed by atoms with E-state index in [-0.39, 0.29) is 0 Å². The first kappa shape index (κ1) is 20.9. The second-order valence-corrected chi connectivity index (χ2v) is 14.9. The summed E-state index contributed by atoms with van der Waals surface area (Å²) in [5, 5.41) is 3.94. The van der Waals surface area contributed by atoms with Gasteiger partial charge in [0.1, 0.15) is 11.2 Å². The van der Waals surface area contributed by atoms with Gasteiger partial charge in [-0.1, -0.05) is 70.7 Å². The van der Waals surface area contributed by atoms with Gasteiger partial charge in [0, 0.05) is 22.5 Å². The van der Waals surface area contributed by atoms with Gasteiger partial charge in [-0.2, -0.15) is 0 Å². The van der Waals surface area contributed by atoms with E-state index in [1.165, 1.54) is 27.1 Å². The van der Waals surface area contributed by atoms with E-state index < -0.39 is 8.07 Å². The molecule has 30 heavy (non-hydrogen) atoms. The number of hydrogen-bond acceptors (Lipinski definition) is 2. The number of pyridine rings is 1. The largest absolute Gasteiger partial charge is 0.455 e. The van der Waals surface area contributed by atoms with Crippen LogP contribution < -0.4 is 5.19 Å². The van der Waals surface area contributed by atoms with Gasteiger partial charge in [-0.3, -0.25) is 4.98 Å². The smallest absolute Gasteiger partial charge is 0.144 e. The van der Waals surface area contributed by atoms with Crippen LogP contribution in [-0.4, -0.2) is 13.1 Å². The molecule has 4 aromatic rings. The molecular formula is C27H33NOSi. The van der Waals surface area contributed by atoms with Crippen molar-refractivity contribution < 1.29 is 4.42 Å². The second kappa shape index (κ2) is 7.70. The van der Waals surface area contributed by atoms with E-state index in [2.05, 4.69) is 89.9 Å². The standard InChI is InChI=1S/C27H33NOSi/c1-8-20(17(2)3)19-15-18(4)26(28-16-19)22-13-14-24(30(5,6)7)25-21-11-9-10-12-23(21)29-27(22)25/h9-17,20H,8H2,1-7H3. The average molecular weight is 416 g/mol. The van der Waals surface area contributed by atoms with E-state index in [0.29, 0.717) is 11.8 Å². The fourth-order valence-electron chi connectivity index (χ4n) is 4.81. The van der Waals surface area contributed by atoms with Gasteiger partial charge in [0.15, 0.2) is 0 Å². The molecule has 0 N–H and O–H groups in total. The molecule has 0 saturated carbocycles. The van der Waals surface area contributed by atoms with E-state index in [4.69, 9.17) is 9.40 Å². The van der Waals surface area contributed by atoms with E-state index in [1.54, 1.807) is 0 Å². The van der Waals surface area contributed by atoms with Crippen LogP contribution in [0.4, 0.5) is 0 Å². The number of rotatable bonds is 5. The molecular weight excluding hydrogens is 382 g/mol. The number of hydrogen-bond donors (Lipinski definition) is 0. The van der Waals surface area contributed by atoms with Crippen molar-refractivity contribution in [2.45, 2.75) is 59.7 Å². The summed E-state index contributed by atoms with van der Waals surface area (Å²) in [5.41, 5.74) is 6.63. The molecule has 0 fully saturated rings. The molecule has 2 aromatic heterocycles. The van der Waals surface area contributed by atoms with Crippen molar-refractivity contribution in [2.24, 2.45) is 5.92 Å². The highest BCUT2D eigenvalue weighted by Crippen LogP contribution is 2.37. The van der Waals surface area contributed by atoms with Gasteiger partial charge in [0.25, 0.3) is 0 Å². The summed E-state index contributed by atoms with van der Waals surface area (Å²) in [6.07, 6.45) is 3.22. The molecule has 0 radical (unpaired) electrons. The maximum absolute atomic E-state index is 6.45. The molecule has 0 bridgehead atoms. The van der Waals surface area contributed by atoms with Gasteiger partial charge in [0.2, 0.25) is 0 Å². The lowest BCUT2D eigenvalue weighted by atomic mass is 9.86. The van der Waals surface area contributed by atoms with Crippen molar-refractivity contribution in [3.05, 3.63) is 59.8 Å². The van der Waals surface area contributed by atoms with Crippen LogP contribution in [-0.2, 0) is 0 Å². The van der Waals surface area contributed by atoms with Gasteiger partial charge in [-0.25, -0.2) is 0 Å². The summed E-state index contributed by atoms with van der Waals surface area (Å²) >= 11 is 0. The van der Waals surface area contributed by atoms with Crippen molar-refractivity contribution in [1.29, 1.82) is 0 Å². The molecule has 0 spiro atoms. The Kier molecular flexibility index (Phi) is 5.35. The highest BCUT2D eigenvalue weighted by molar-refractivity contribution is 6.90. The molecule has 0 amide bonds. The second-order valence-electron chi connectivity index (χ2n) is 9.91. The van der Waals surface area contributed by atoms with Gasteiger partial charge in [0.05, 0.1) is 13.8 Å². The van der Waals surface area contributed by atoms with Gasteiger partial charge < -0.3 is 4.42 Å². The molecule has 3 heteroatoms. The summed E-state index contributed by atoms with van der Waals surface area (Å²) < 4.78 is 6.45. The lowest BCUT2D eigenvalue weighted by Crippen LogP contribution is -2.37. The number of nitrogens with zero attached hydrogens (tertiary/aromatic N) is 1.